The number of hydrogen-bond donors (Lipinski definition) is 0. The van der Waals surface area contributed by atoms with Crippen molar-refractivity contribution in [2.45, 2.75) is 27.7 Å². The number of carbonyl (C=O) groups excluding carboxylic acids is 2. The first-order valence-corrected chi connectivity index (χ1v) is 7.19. The smallest absolute Gasteiger partial charge is 0.311 e. The summed E-state index contributed by atoms with van der Waals surface area (Å²) in [4.78, 5) is 21.5. The Hall–Kier alpha value is -0.440. The van der Waals surface area contributed by atoms with E-state index in [4.69, 9.17) is 46.9 Å². The molecule has 0 spiro atoms. The standard InChI is InChI=1S/C13H18Cl2O7/c1-18-8(16)7-6-10(14)12(19-2,20-3)9(17)11(7,15)13(10,21-4)22-5/h7H,6H2,1-5H3/t7-,10-,11+/m0/s1. The Morgan fingerprint density at radius 1 is 1.05 bits per heavy atom. The number of fused-ring (bicyclic) bond motifs is 2. The maximum absolute atomic E-state index is 13.0. The highest BCUT2D eigenvalue weighted by atomic mass is 35.5. The lowest BCUT2D eigenvalue weighted by molar-refractivity contribution is -0.270. The topological polar surface area (TPSA) is 80.3 Å². The number of alkyl halides is 2. The van der Waals surface area contributed by atoms with Crippen molar-refractivity contribution in [3.05, 3.63) is 0 Å². The molecule has 22 heavy (non-hydrogen) atoms. The van der Waals surface area contributed by atoms with Gasteiger partial charge in [0.05, 0.1) is 13.0 Å². The SMILES string of the molecule is COC(=O)[C@@H]1C[C@]2(Cl)C(OC)(OC)C(=O)[C@@]1(Cl)C2(OC)OC. The van der Waals surface area contributed by atoms with E-state index in [9.17, 15) is 9.59 Å². The Bertz CT molecular complexity index is 503. The summed E-state index contributed by atoms with van der Waals surface area (Å²) in [5, 5.41) is 0. The van der Waals surface area contributed by atoms with Gasteiger partial charge < -0.3 is 23.7 Å². The summed E-state index contributed by atoms with van der Waals surface area (Å²) in [5.74, 6) is -6.24. The van der Waals surface area contributed by atoms with Crippen LogP contribution in [0.5, 0.6) is 0 Å². The fourth-order valence-corrected chi connectivity index (χ4v) is 5.19. The second kappa shape index (κ2) is 5.29. The Balaban J connectivity index is 2.77. The highest BCUT2D eigenvalue weighted by Crippen LogP contribution is 2.70. The van der Waals surface area contributed by atoms with Crippen LogP contribution in [0.15, 0.2) is 0 Å². The second-order valence-electron chi connectivity index (χ2n) is 5.17. The molecule has 0 aliphatic heterocycles. The first-order valence-electron chi connectivity index (χ1n) is 6.44. The van der Waals surface area contributed by atoms with Crippen LogP contribution >= 0.6 is 23.2 Å². The minimum atomic E-state index is -1.95. The molecule has 2 rings (SSSR count). The van der Waals surface area contributed by atoms with E-state index in [2.05, 4.69) is 0 Å². The van der Waals surface area contributed by atoms with Crippen molar-refractivity contribution >= 4 is 35.0 Å². The normalized spacial score (nSPS) is 38.3. The molecule has 0 aromatic heterocycles. The number of esters is 1. The van der Waals surface area contributed by atoms with Gasteiger partial charge in [0, 0.05) is 28.4 Å². The molecule has 0 saturated heterocycles. The van der Waals surface area contributed by atoms with E-state index >= 15 is 0 Å². The van der Waals surface area contributed by atoms with E-state index in [1.807, 2.05) is 0 Å². The zero-order valence-electron chi connectivity index (χ0n) is 12.9. The molecule has 7 nitrogen and oxygen atoms in total. The van der Waals surface area contributed by atoms with Crippen LogP contribution in [0.3, 0.4) is 0 Å². The molecule has 2 saturated carbocycles. The van der Waals surface area contributed by atoms with E-state index in [-0.39, 0.29) is 6.42 Å². The summed E-state index contributed by atoms with van der Waals surface area (Å²) >= 11 is 13.3. The lowest BCUT2D eigenvalue weighted by atomic mass is 9.83. The van der Waals surface area contributed by atoms with Crippen LogP contribution in [0, 0.1) is 5.92 Å². The molecule has 126 valence electrons. The van der Waals surface area contributed by atoms with Gasteiger partial charge in [-0.1, -0.05) is 0 Å². The van der Waals surface area contributed by atoms with Crippen molar-refractivity contribution in [2.75, 3.05) is 35.5 Å². The molecule has 0 amide bonds. The third-order valence-electron chi connectivity index (χ3n) is 4.75. The van der Waals surface area contributed by atoms with Crippen LogP contribution in [-0.4, -0.2) is 68.6 Å². The van der Waals surface area contributed by atoms with Crippen LogP contribution in [0.4, 0.5) is 0 Å². The van der Waals surface area contributed by atoms with Gasteiger partial charge in [-0.3, -0.25) is 9.59 Å². The summed E-state index contributed by atoms with van der Waals surface area (Å²) in [6.45, 7) is 0. The molecule has 9 heteroatoms. The average molecular weight is 357 g/mol. The Morgan fingerprint density at radius 2 is 1.55 bits per heavy atom. The highest BCUT2D eigenvalue weighted by molar-refractivity contribution is 6.45. The molecular weight excluding hydrogens is 339 g/mol. The van der Waals surface area contributed by atoms with Crippen LogP contribution in [-0.2, 0) is 33.3 Å². The first-order chi connectivity index (χ1) is 10.2. The van der Waals surface area contributed by atoms with Gasteiger partial charge in [-0.2, -0.15) is 0 Å². The second-order valence-corrected chi connectivity index (χ2v) is 6.41. The molecule has 0 heterocycles. The number of Topliss-reactive ketones (excluding diaryl/α,β-unsaturated/α-hetero) is 1. The third kappa shape index (κ3) is 1.48. The monoisotopic (exact) mass is 356 g/mol. The fourth-order valence-electron chi connectivity index (χ4n) is 3.84. The van der Waals surface area contributed by atoms with E-state index < -0.39 is 39.0 Å². The van der Waals surface area contributed by atoms with E-state index in [1.54, 1.807) is 0 Å². The molecule has 2 aliphatic carbocycles. The summed E-state index contributed by atoms with van der Waals surface area (Å²) in [6, 6.07) is 0. The third-order valence-corrected chi connectivity index (χ3v) is 6.09. The molecule has 0 unspecified atom stereocenters. The first kappa shape index (κ1) is 17.9. The van der Waals surface area contributed by atoms with Gasteiger partial charge in [0.15, 0.2) is 9.75 Å². The predicted octanol–water partition coefficient (Wildman–Crippen LogP) is 0.695. The quantitative estimate of drug-likeness (QED) is 0.407. The van der Waals surface area contributed by atoms with Crippen LogP contribution in [0.2, 0.25) is 0 Å². The maximum atomic E-state index is 13.0. The number of hydrogen-bond acceptors (Lipinski definition) is 7. The van der Waals surface area contributed by atoms with Crippen molar-refractivity contribution in [1.29, 1.82) is 0 Å². The van der Waals surface area contributed by atoms with Gasteiger partial charge in [-0.15, -0.1) is 23.2 Å². The number of halogens is 2. The molecule has 0 radical (unpaired) electrons. The minimum absolute atomic E-state index is 0.0835. The van der Waals surface area contributed by atoms with Gasteiger partial charge in [-0.05, 0) is 6.42 Å². The molecule has 3 atom stereocenters. The molecule has 0 N–H and O–H groups in total. The zero-order valence-corrected chi connectivity index (χ0v) is 14.4. The minimum Gasteiger partial charge on any atom is -0.469 e. The molecule has 0 aromatic carbocycles. The number of rotatable bonds is 5. The van der Waals surface area contributed by atoms with Gasteiger partial charge >= 0.3 is 5.97 Å². The van der Waals surface area contributed by atoms with Gasteiger partial charge in [0.25, 0.3) is 5.79 Å². The van der Waals surface area contributed by atoms with Crippen molar-refractivity contribution in [2.24, 2.45) is 5.92 Å². The summed E-state index contributed by atoms with van der Waals surface area (Å²) < 4.78 is 26.1. The van der Waals surface area contributed by atoms with Crippen molar-refractivity contribution in [3.63, 3.8) is 0 Å². The van der Waals surface area contributed by atoms with Crippen molar-refractivity contribution in [3.8, 4) is 0 Å². The number of methoxy groups -OCH3 is 5. The van der Waals surface area contributed by atoms with Crippen LogP contribution in [0.1, 0.15) is 6.42 Å². The van der Waals surface area contributed by atoms with Crippen molar-refractivity contribution in [1.82, 2.24) is 0 Å². The zero-order chi connectivity index (χ0) is 17.0. The summed E-state index contributed by atoms with van der Waals surface area (Å²) in [7, 11) is 6.28. The maximum Gasteiger partial charge on any atom is 0.311 e. The van der Waals surface area contributed by atoms with Gasteiger partial charge in [0.2, 0.25) is 11.6 Å². The van der Waals surface area contributed by atoms with E-state index in [0.717, 1.165) is 0 Å². The Morgan fingerprint density at radius 3 is 1.91 bits per heavy atom. The van der Waals surface area contributed by atoms with Gasteiger partial charge in [0.1, 0.15) is 0 Å². The van der Waals surface area contributed by atoms with E-state index in [1.165, 1.54) is 35.5 Å². The molecule has 2 aliphatic rings. The molecule has 2 bridgehead atoms. The lowest BCUT2D eigenvalue weighted by Gasteiger charge is -2.42. The largest absolute Gasteiger partial charge is 0.469 e. The van der Waals surface area contributed by atoms with Crippen LogP contribution < -0.4 is 0 Å². The highest BCUT2D eigenvalue weighted by Gasteiger charge is 2.93. The molecular formula is C13H18Cl2O7. The Labute approximate surface area is 138 Å². The summed E-state index contributed by atoms with van der Waals surface area (Å²) in [6.07, 6.45) is -0.0835. The lowest BCUT2D eigenvalue weighted by Crippen LogP contribution is -2.62. The summed E-state index contributed by atoms with van der Waals surface area (Å²) in [5.41, 5.74) is 0. The van der Waals surface area contributed by atoms with Gasteiger partial charge in [-0.25, -0.2) is 0 Å². The number of ether oxygens (including phenoxy) is 5. The van der Waals surface area contributed by atoms with Crippen LogP contribution in [0.25, 0.3) is 0 Å². The predicted molar refractivity (Wildman–Crippen MR) is 75.8 cm³/mol. The number of ketones is 1. The average Bonchev–Trinajstić information content (AvgIpc) is 2.80. The molecule has 0 aromatic rings. The fraction of sp³-hybridized carbons (Fsp3) is 0.846. The number of carbonyl (C=O) groups is 2. The Kier molecular flexibility index (Phi) is 4.31. The van der Waals surface area contributed by atoms with Crippen molar-refractivity contribution < 1.29 is 33.3 Å². The van der Waals surface area contributed by atoms with E-state index in [0.29, 0.717) is 0 Å². The molecule has 2 fully saturated rings.